The molecule has 2 aromatic carbocycles. The lowest BCUT2D eigenvalue weighted by atomic mass is 10.1. The third-order valence-electron chi connectivity index (χ3n) is 5.71. The maximum atomic E-state index is 12.9. The SMILES string of the molecule is Cc1ccc(N2CCN([C@@H](C)C(=O)N(C)Cc3ccccc3)CC2)cc1C. The number of benzene rings is 2. The number of aryl methyl sites for hydroxylation is 2. The summed E-state index contributed by atoms with van der Waals surface area (Å²) in [5, 5.41) is 0. The highest BCUT2D eigenvalue weighted by molar-refractivity contribution is 5.81. The molecule has 0 spiro atoms. The number of likely N-dealkylation sites (N-methyl/N-ethyl adjacent to an activating group) is 1. The van der Waals surface area contributed by atoms with Crippen molar-refractivity contribution >= 4 is 11.6 Å². The lowest BCUT2D eigenvalue weighted by molar-refractivity contribution is -0.135. The molecule has 2 aromatic rings. The second-order valence-electron chi connectivity index (χ2n) is 7.65. The van der Waals surface area contributed by atoms with Gasteiger partial charge in [0, 0.05) is 45.5 Å². The highest BCUT2D eigenvalue weighted by atomic mass is 16.2. The normalized spacial score (nSPS) is 16.2. The Hall–Kier alpha value is -2.33. The Morgan fingerprint density at radius 2 is 1.67 bits per heavy atom. The van der Waals surface area contributed by atoms with Crippen LogP contribution in [0.5, 0.6) is 0 Å². The van der Waals surface area contributed by atoms with Crippen LogP contribution in [0.1, 0.15) is 23.6 Å². The fourth-order valence-corrected chi connectivity index (χ4v) is 3.70. The van der Waals surface area contributed by atoms with Crippen molar-refractivity contribution in [2.75, 3.05) is 38.1 Å². The summed E-state index contributed by atoms with van der Waals surface area (Å²) in [4.78, 5) is 19.4. The van der Waals surface area contributed by atoms with Gasteiger partial charge >= 0.3 is 0 Å². The van der Waals surface area contributed by atoms with Gasteiger partial charge in [0.15, 0.2) is 0 Å². The molecule has 1 fully saturated rings. The highest BCUT2D eigenvalue weighted by Crippen LogP contribution is 2.21. The van der Waals surface area contributed by atoms with Gasteiger partial charge in [0.2, 0.25) is 5.91 Å². The van der Waals surface area contributed by atoms with Gasteiger partial charge in [0.25, 0.3) is 0 Å². The quantitative estimate of drug-likeness (QED) is 0.812. The van der Waals surface area contributed by atoms with E-state index in [4.69, 9.17) is 0 Å². The second kappa shape index (κ2) is 8.57. The number of rotatable bonds is 5. The maximum absolute atomic E-state index is 12.9. The summed E-state index contributed by atoms with van der Waals surface area (Å²) in [5.74, 6) is 0.193. The first-order valence-electron chi connectivity index (χ1n) is 9.81. The molecule has 1 aliphatic rings. The first-order chi connectivity index (χ1) is 13.0. The standard InChI is InChI=1S/C23H31N3O/c1-18-10-11-22(16-19(18)2)26-14-12-25(13-15-26)20(3)23(27)24(4)17-21-8-6-5-7-9-21/h5-11,16,20H,12-15,17H2,1-4H3/t20-/m0/s1. The van der Waals surface area contributed by atoms with Gasteiger partial charge in [-0.3, -0.25) is 9.69 Å². The van der Waals surface area contributed by atoms with E-state index in [0.717, 1.165) is 26.2 Å². The topological polar surface area (TPSA) is 26.8 Å². The fraction of sp³-hybridized carbons (Fsp3) is 0.435. The number of anilines is 1. The minimum atomic E-state index is -0.0828. The number of carbonyl (C=O) groups is 1. The maximum Gasteiger partial charge on any atom is 0.239 e. The van der Waals surface area contributed by atoms with Crippen molar-refractivity contribution < 1.29 is 4.79 Å². The van der Waals surface area contributed by atoms with Crippen molar-refractivity contribution in [1.29, 1.82) is 0 Å². The van der Waals surface area contributed by atoms with Crippen molar-refractivity contribution in [2.45, 2.75) is 33.4 Å². The lowest BCUT2D eigenvalue weighted by Gasteiger charge is -2.39. The summed E-state index contributed by atoms with van der Waals surface area (Å²) in [7, 11) is 1.90. The van der Waals surface area contributed by atoms with Crippen LogP contribution in [0.2, 0.25) is 0 Å². The monoisotopic (exact) mass is 365 g/mol. The van der Waals surface area contributed by atoms with E-state index in [-0.39, 0.29) is 11.9 Å². The molecule has 4 heteroatoms. The summed E-state index contributed by atoms with van der Waals surface area (Å²) < 4.78 is 0. The van der Waals surface area contributed by atoms with Crippen LogP contribution in [-0.4, -0.2) is 55.0 Å². The molecule has 0 N–H and O–H groups in total. The lowest BCUT2D eigenvalue weighted by Crippen LogP contribution is -2.54. The minimum Gasteiger partial charge on any atom is -0.369 e. The van der Waals surface area contributed by atoms with E-state index in [2.05, 4.69) is 54.0 Å². The van der Waals surface area contributed by atoms with E-state index < -0.39 is 0 Å². The van der Waals surface area contributed by atoms with E-state index >= 15 is 0 Å². The second-order valence-corrected chi connectivity index (χ2v) is 7.65. The fourth-order valence-electron chi connectivity index (χ4n) is 3.70. The molecule has 27 heavy (non-hydrogen) atoms. The van der Waals surface area contributed by atoms with Gasteiger partial charge in [-0.2, -0.15) is 0 Å². The van der Waals surface area contributed by atoms with Crippen LogP contribution in [0.15, 0.2) is 48.5 Å². The summed E-state index contributed by atoms with van der Waals surface area (Å²) in [5.41, 5.74) is 5.12. The molecule has 1 atom stereocenters. The summed E-state index contributed by atoms with van der Waals surface area (Å²) in [6, 6.07) is 16.8. The minimum absolute atomic E-state index is 0.0828. The Morgan fingerprint density at radius 1 is 1.00 bits per heavy atom. The van der Waals surface area contributed by atoms with Crippen LogP contribution < -0.4 is 4.90 Å². The van der Waals surface area contributed by atoms with E-state index in [0.29, 0.717) is 6.54 Å². The van der Waals surface area contributed by atoms with Gasteiger partial charge in [0.1, 0.15) is 0 Å². The molecular formula is C23H31N3O. The molecule has 0 aromatic heterocycles. The van der Waals surface area contributed by atoms with Crippen LogP contribution in [-0.2, 0) is 11.3 Å². The Balaban J connectivity index is 1.55. The predicted octanol–water partition coefficient (Wildman–Crippen LogP) is 3.47. The number of hydrogen-bond acceptors (Lipinski definition) is 3. The van der Waals surface area contributed by atoms with Gasteiger partial charge in [-0.1, -0.05) is 36.4 Å². The van der Waals surface area contributed by atoms with Gasteiger partial charge < -0.3 is 9.80 Å². The van der Waals surface area contributed by atoms with Gasteiger partial charge in [-0.05, 0) is 49.6 Å². The van der Waals surface area contributed by atoms with Crippen LogP contribution >= 0.6 is 0 Å². The molecule has 1 heterocycles. The number of nitrogens with zero attached hydrogens (tertiary/aromatic N) is 3. The molecule has 0 unspecified atom stereocenters. The molecule has 0 bridgehead atoms. The van der Waals surface area contributed by atoms with Gasteiger partial charge in [0.05, 0.1) is 6.04 Å². The zero-order valence-electron chi connectivity index (χ0n) is 17.0. The number of carbonyl (C=O) groups excluding carboxylic acids is 1. The number of piperazine rings is 1. The van der Waals surface area contributed by atoms with Crippen molar-refractivity contribution in [3.63, 3.8) is 0 Å². The Bertz CT molecular complexity index is 766. The average molecular weight is 366 g/mol. The molecule has 1 aliphatic heterocycles. The Kier molecular flexibility index (Phi) is 6.17. The third kappa shape index (κ3) is 4.69. The predicted molar refractivity (Wildman–Crippen MR) is 112 cm³/mol. The first kappa shape index (κ1) is 19.4. The number of amides is 1. The van der Waals surface area contributed by atoms with Crippen molar-refractivity contribution in [1.82, 2.24) is 9.80 Å². The molecule has 0 aliphatic carbocycles. The molecule has 3 rings (SSSR count). The van der Waals surface area contributed by atoms with Gasteiger partial charge in [-0.15, -0.1) is 0 Å². The third-order valence-corrected chi connectivity index (χ3v) is 5.71. The summed E-state index contributed by atoms with van der Waals surface area (Å²) in [6.07, 6.45) is 0. The highest BCUT2D eigenvalue weighted by Gasteiger charge is 2.27. The van der Waals surface area contributed by atoms with Crippen molar-refractivity contribution in [2.24, 2.45) is 0 Å². The zero-order valence-corrected chi connectivity index (χ0v) is 17.0. The summed E-state index contributed by atoms with van der Waals surface area (Å²) >= 11 is 0. The molecule has 0 saturated carbocycles. The van der Waals surface area contributed by atoms with Crippen molar-refractivity contribution in [3.05, 3.63) is 65.2 Å². The van der Waals surface area contributed by atoms with E-state index in [1.165, 1.54) is 22.4 Å². The Labute approximate surface area is 163 Å². The first-order valence-corrected chi connectivity index (χ1v) is 9.81. The van der Waals surface area contributed by atoms with Crippen molar-refractivity contribution in [3.8, 4) is 0 Å². The smallest absolute Gasteiger partial charge is 0.239 e. The van der Waals surface area contributed by atoms with E-state index in [1.54, 1.807) is 0 Å². The van der Waals surface area contributed by atoms with Crippen LogP contribution in [0.3, 0.4) is 0 Å². The van der Waals surface area contributed by atoms with Crippen LogP contribution in [0, 0.1) is 13.8 Å². The largest absolute Gasteiger partial charge is 0.369 e. The molecule has 144 valence electrons. The van der Waals surface area contributed by atoms with E-state index in [9.17, 15) is 4.79 Å². The average Bonchev–Trinajstić information content (AvgIpc) is 2.70. The van der Waals surface area contributed by atoms with Crippen LogP contribution in [0.25, 0.3) is 0 Å². The van der Waals surface area contributed by atoms with E-state index in [1.807, 2.05) is 37.1 Å². The molecule has 0 radical (unpaired) electrons. The molecule has 1 saturated heterocycles. The zero-order chi connectivity index (χ0) is 19.4. The summed E-state index contributed by atoms with van der Waals surface area (Å²) in [6.45, 7) is 10.8. The molecule has 4 nitrogen and oxygen atoms in total. The van der Waals surface area contributed by atoms with Crippen LogP contribution in [0.4, 0.5) is 5.69 Å². The number of hydrogen-bond donors (Lipinski definition) is 0. The van der Waals surface area contributed by atoms with Gasteiger partial charge in [-0.25, -0.2) is 0 Å². The molecule has 1 amide bonds. The molecular weight excluding hydrogens is 334 g/mol. The Morgan fingerprint density at radius 3 is 2.30 bits per heavy atom.